The minimum Gasteiger partial charge on any atom is -0.398 e. The van der Waals surface area contributed by atoms with E-state index in [0.29, 0.717) is 12.8 Å². The van der Waals surface area contributed by atoms with E-state index in [1.165, 1.54) is 0 Å². The van der Waals surface area contributed by atoms with Crippen LogP contribution in [-0.2, 0) is 6.42 Å². The van der Waals surface area contributed by atoms with Gasteiger partial charge < -0.3 is 4.42 Å². The highest BCUT2D eigenvalue weighted by molar-refractivity contribution is 5.41. The lowest BCUT2D eigenvalue weighted by Crippen LogP contribution is -1.91. The van der Waals surface area contributed by atoms with E-state index in [4.69, 9.17) is 4.42 Å². The molecule has 0 spiro atoms. The number of nitrogens with zero attached hydrogens (tertiary/aromatic N) is 2. The van der Waals surface area contributed by atoms with E-state index in [-0.39, 0.29) is 11.4 Å². The molecular formula is C8H10N2O5. The van der Waals surface area contributed by atoms with Gasteiger partial charge in [0.25, 0.3) is 0 Å². The van der Waals surface area contributed by atoms with Crippen LogP contribution in [0.3, 0.4) is 0 Å². The van der Waals surface area contributed by atoms with Gasteiger partial charge in [0, 0.05) is 6.42 Å². The van der Waals surface area contributed by atoms with Crippen molar-refractivity contribution in [1.29, 1.82) is 0 Å². The van der Waals surface area contributed by atoms with E-state index < -0.39 is 15.7 Å². The van der Waals surface area contributed by atoms with Gasteiger partial charge in [-0.1, -0.05) is 13.3 Å². The van der Waals surface area contributed by atoms with Gasteiger partial charge >= 0.3 is 11.6 Å². The van der Waals surface area contributed by atoms with Crippen LogP contribution in [-0.4, -0.2) is 9.85 Å². The summed E-state index contributed by atoms with van der Waals surface area (Å²) >= 11 is 0. The molecule has 0 amide bonds. The van der Waals surface area contributed by atoms with Crippen molar-refractivity contribution in [3.63, 3.8) is 0 Å². The summed E-state index contributed by atoms with van der Waals surface area (Å²) in [7, 11) is 0. The molecule has 0 aliphatic carbocycles. The molecule has 0 fully saturated rings. The van der Waals surface area contributed by atoms with Gasteiger partial charge in [0.2, 0.25) is 0 Å². The predicted octanol–water partition coefficient (Wildman–Crippen LogP) is 2.44. The molecule has 0 bridgehead atoms. The first-order chi connectivity index (χ1) is 7.06. The highest BCUT2D eigenvalue weighted by Crippen LogP contribution is 2.29. The van der Waals surface area contributed by atoms with Gasteiger partial charge in [0.15, 0.2) is 5.76 Å². The number of unbranched alkanes of at least 4 members (excludes halogenated alkanes) is 1. The van der Waals surface area contributed by atoms with E-state index in [9.17, 15) is 20.2 Å². The minimum atomic E-state index is -0.775. The molecule has 1 rings (SSSR count). The van der Waals surface area contributed by atoms with Crippen LogP contribution in [0, 0.1) is 20.2 Å². The first-order valence-electron chi connectivity index (χ1n) is 4.47. The van der Waals surface area contributed by atoms with Crippen molar-refractivity contribution in [1.82, 2.24) is 0 Å². The average Bonchev–Trinajstić information content (AvgIpc) is 2.58. The molecular weight excluding hydrogens is 204 g/mol. The smallest absolute Gasteiger partial charge is 0.398 e. The molecule has 7 nitrogen and oxygen atoms in total. The van der Waals surface area contributed by atoms with Crippen LogP contribution in [0.1, 0.15) is 25.5 Å². The van der Waals surface area contributed by atoms with Gasteiger partial charge in [-0.25, -0.2) is 0 Å². The third kappa shape index (κ3) is 2.52. The van der Waals surface area contributed by atoms with Crippen molar-refractivity contribution in [3.05, 3.63) is 32.1 Å². The van der Waals surface area contributed by atoms with Crippen LogP contribution in [0.5, 0.6) is 0 Å². The molecule has 1 aromatic heterocycles. The maximum atomic E-state index is 10.5. The lowest BCUT2D eigenvalue weighted by atomic mass is 10.2. The molecule has 0 aliphatic rings. The Hall–Kier alpha value is -1.92. The summed E-state index contributed by atoms with van der Waals surface area (Å²) in [4.78, 5) is 19.5. The number of furan rings is 1. The lowest BCUT2D eigenvalue weighted by molar-refractivity contribution is -0.402. The number of rotatable bonds is 5. The Morgan fingerprint density at radius 2 is 2.00 bits per heavy atom. The van der Waals surface area contributed by atoms with Crippen molar-refractivity contribution >= 4 is 11.6 Å². The first kappa shape index (κ1) is 11.2. The first-order valence-corrected chi connectivity index (χ1v) is 4.47. The van der Waals surface area contributed by atoms with Crippen molar-refractivity contribution < 1.29 is 14.3 Å². The standard InChI is InChI=1S/C8H10N2O5/c1-2-3-4-7-6(9(11)12)5-8(15-7)10(13)14/h5H,2-4H2,1H3. The van der Waals surface area contributed by atoms with Gasteiger partial charge in [-0.3, -0.25) is 20.2 Å². The molecule has 0 saturated heterocycles. The Balaban J connectivity index is 3.00. The third-order valence-corrected chi connectivity index (χ3v) is 1.91. The van der Waals surface area contributed by atoms with Gasteiger partial charge in [-0.15, -0.1) is 0 Å². The topological polar surface area (TPSA) is 99.4 Å². The van der Waals surface area contributed by atoms with Gasteiger partial charge in [0.05, 0.1) is 4.92 Å². The van der Waals surface area contributed by atoms with Crippen LogP contribution in [0.4, 0.5) is 11.6 Å². The van der Waals surface area contributed by atoms with Crippen LogP contribution >= 0.6 is 0 Å². The molecule has 15 heavy (non-hydrogen) atoms. The van der Waals surface area contributed by atoms with Gasteiger partial charge in [-0.2, -0.15) is 0 Å². The molecule has 7 heteroatoms. The third-order valence-electron chi connectivity index (χ3n) is 1.91. The lowest BCUT2D eigenvalue weighted by Gasteiger charge is -1.92. The van der Waals surface area contributed by atoms with E-state index in [1.54, 1.807) is 0 Å². The predicted molar refractivity (Wildman–Crippen MR) is 50.6 cm³/mol. The fourth-order valence-corrected chi connectivity index (χ4v) is 1.17. The maximum Gasteiger partial charge on any atom is 0.440 e. The summed E-state index contributed by atoms with van der Waals surface area (Å²) in [5.41, 5.74) is -0.310. The molecule has 82 valence electrons. The number of nitro groups is 2. The van der Waals surface area contributed by atoms with Crippen molar-refractivity contribution in [2.45, 2.75) is 26.2 Å². The van der Waals surface area contributed by atoms with Gasteiger partial charge in [-0.05, 0) is 6.42 Å². The number of hydrogen-bond donors (Lipinski definition) is 0. The molecule has 1 heterocycles. The van der Waals surface area contributed by atoms with E-state index >= 15 is 0 Å². The van der Waals surface area contributed by atoms with E-state index in [1.807, 2.05) is 6.92 Å². The monoisotopic (exact) mass is 214 g/mol. The Kier molecular flexibility index (Phi) is 3.37. The zero-order valence-corrected chi connectivity index (χ0v) is 8.13. The zero-order chi connectivity index (χ0) is 11.4. The molecule has 0 N–H and O–H groups in total. The highest BCUT2D eigenvalue weighted by Gasteiger charge is 2.26. The molecule has 0 radical (unpaired) electrons. The zero-order valence-electron chi connectivity index (χ0n) is 8.13. The van der Waals surface area contributed by atoms with Crippen LogP contribution in [0.2, 0.25) is 0 Å². The fourth-order valence-electron chi connectivity index (χ4n) is 1.17. The quantitative estimate of drug-likeness (QED) is 0.553. The van der Waals surface area contributed by atoms with Crippen LogP contribution in [0.25, 0.3) is 0 Å². The second-order valence-electron chi connectivity index (χ2n) is 3.01. The average molecular weight is 214 g/mol. The molecule has 1 aromatic rings. The summed E-state index contributed by atoms with van der Waals surface area (Å²) in [5, 5.41) is 20.9. The summed E-state index contributed by atoms with van der Waals surface area (Å²) in [6, 6.07) is 0.852. The molecule has 0 aliphatic heterocycles. The Morgan fingerprint density at radius 3 is 2.47 bits per heavy atom. The molecule has 0 unspecified atom stereocenters. The number of aryl methyl sites for hydroxylation is 1. The highest BCUT2D eigenvalue weighted by atomic mass is 16.7. The second-order valence-corrected chi connectivity index (χ2v) is 3.01. The van der Waals surface area contributed by atoms with Crippen LogP contribution < -0.4 is 0 Å². The molecule has 0 aromatic carbocycles. The van der Waals surface area contributed by atoms with Gasteiger partial charge in [0.1, 0.15) is 11.0 Å². The largest absolute Gasteiger partial charge is 0.440 e. The second kappa shape index (κ2) is 4.54. The minimum absolute atomic E-state index is 0.0774. The van der Waals surface area contributed by atoms with E-state index in [0.717, 1.165) is 12.5 Å². The number of hydrogen-bond acceptors (Lipinski definition) is 5. The van der Waals surface area contributed by atoms with E-state index in [2.05, 4.69) is 0 Å². The molecule has 0 saturated carbocycles. The Morgan fingerprint density at radius 1 is 1.33 bits per heavy atom. The fraction of sp³-hybridized carbons (Fsp3) is 0.500. The molecule has 0 atom stereocenters. The van der Waals surface area contributed by atoms with Crippen molar-refractivity contribution in [2.24, 2.45) is 0 Å². The normalized spacial score (nSPS) is 10.2. The maximum absolute atomic E-state index is 10.5. The Bertz CT molecular complexity index is 384. The van der Waals surface area contributed by atoms with Crippen LogP contribution in [0.15, 0.2) is 10.5 Å². The summed E-state index contributed by atoms with van der Waals surface area (Å²) < 4.78 is 4.80. The van der Waals surface area contributed by atoms with Crippen molar-refractivity contribution in [2.75, 3.05) is 0 Å². The summed E-state index contributed by atoms with van der Waals surface area (Å²) in [6.07, 6.45) is 1.89. The summed E-state index contributed by atoms with van der Waals surface area (Å²) in [5.74, 6) is -0.499. The summed E-state index contributed by atoms with van der Waals surface area (Å²) in [6.45, 7) is 1.92. The SMILES string of the molecule is CCCCc1oc([N+](=O)[O-])cc1[N+](=O)[O-]. The Labute approximate surface area is 85.0 Å². The van der Waals surface area contributed by atoms with Crippen molar-refractivity contribution in [3.8, 4) is 0 Å².